The highest BCUT2D eigenvalue weighted by Crippen LogP contribution is 2.23. The molecule has 1 fully saturated rings. The second kappa shape index (κ2) is 8.02. The van der Waals surface area contributed by atoms with Gasteiger partial charge in [0.1, 0.15) is 0 Å². The molecule has 2 rings (SSSR count). The zero-order valence-corrected chi connectivity index (χ0v) is 14.3. The third kappa shape index (κ3) is 5.24. The lowest BCUT2D eigenvalue weighted by atomic mass is 9.87. The number of halogens is 2. The van der Waals surface area contributed by atoms with E-state index in [-0.39, 0.29) is 29.8 Å². The van der Waals surface area contributed by atoms with Crippen molar-refractivity contribution in [3.8, 4) is 0 Å². The molecule has 0 bridgehead atoms. The van der Waals surface area contributed by atoms with Crippen LogP contribution in [0.1, 0.15) is 39.0 Å². The first-order valence-electron chi connectivity index (χ1n) is 8.02. The van der Waals surface area contributed by atoms with E-state index in [1.165, 1.54) is 0 Å². The van der Waals surface area contributed by atoms with Gasteiger partial charge in [-0.1, -0.05) is 6.92 Å². The van der Waals surface area contributed by atoms with Gasteiger partial charge >= 0.3 is 0 Å². The Kier molecular flexibility index (Phi) is 6.28. The standard InChI is InChI=1S/C16H22F2N2O3S/c1-11-2-4-12(5-3-11)20-16(21)8-9-19-24(22,23)13-6-7-14(17)15(18)10-13/h6-7,10-12,19H,2-5,8-9H2,1H3,(H,20,21). The maximum Gasteiger partial charge on any atom is 0.240 e. The molecule has 24 heavy (non-hydrogen) atoms. The minimum atomic E-state index is -3.97. The van der Waals surface area contributed by atoms with Crippen LogP contribution in [0.5, 0.6) is 0 Å². The zero-order chi connectivity index (χ0) is 17.7. The van der Waals surface area contributed by atoms with Gasteiger partial charge in [-0.3, -0.25) is 4.79 Å². The van der Waals surface area contributed by atoms with Crippen LogP contribution >= 0.6 is 0 Å². The lowest BCUT2D eigenvalue weighted by molar-refractivity contribution is -0.121. The van der Waals surface area contributed by atoms with Crippen molar-refractivity contribution in [2.75, 3.05) is 6.54 Å². The normalized spacial score (nSPS) is 21.5. The highest BCUT2D eigenvalue weighted by molar-refractivity contribution is 7.89. The van der Waals surface area contributed by atoms with Gasteiger partial charge in [-0.25, -0.2) is 21.9 Å². The summed E-state index contributed by atoms with van der Waals surface area (Å²) in [6, 6.07) is 2.49. The fourth-order valence-corrected chi connectivity index (χ4v) is 3.77. The number of sulfonamides is 1. The monoisotopic (exact) mass is 360 g/mol. The highest BCUT2D eigenvalue weighted by Gasteiger charge is 2.20. The third-order valence-electron chi connectivity index (χ3n) is 4.23. The van der Waals surface area contributed by atoms with Crippen LogP contribution in [0.25, 0.3) is 0 Å². The van der Waals surface area contributed by atoms with E-state index >= 15 is 0 Å². The second-order valence-electron chi connectivity index (χ2n) is 6.25. The minimum Gasteiger partial charge on any atom is -0.353 e. The quantitative estimate of drug-likeness (QED) is 0.818. The van der Waals surface area contributed by atoms with Crippen molar-refractivity contribution in [2.24, 2.45) is 5.92 Å². The minimum absolute atomic E-state index is 0.00500. The van der Waals surface area contributed by atoms with E-state index in [1.807, 2.05) is 0 Å². The molecule has 1 aromatic rings. The molecule has 0 unspecified atom stereocenters. The molecule has 0 heterocycles. The van der Waals surface area contributed by atoms with Crippen LogP contribution in [0.15, 0.2) is 23.1 Å². The Morgan fingerprint density at radius 3 is 2.46 bits per heavy atom. The van der Waals surface area contributed by atoms with E-state index in [0.29, 0.717) is 12.0 Å². The van der Waals surface area contributed by atoms with Crippen LogP contribution in [-0.4, -0.2) is 26.9 Å². The molecular weight excluding hydrogens is 338 g/mol. The van der Waals surface area contributed by atoms with Gasteiger partial charge in [0.25, 0.3) is 0 Å². The predicted octanol–water partition coefficient (Wildman–Crippen LogP) is 2.33. The molecule has 0 aliphatic heterocycles. The topological polar surface area (TPSA) is 75.3 Å². The molecule has 2 N–H and O–H groups in total. The van der Waals surface area contributed by atoms with Crippen molar-refractivity contribution in [3.63, 3.8) is 0 Å². The van der Waals surface area contributed by atoms with E-state index in [9.17, 15) is 22.0 Å². The molecular formula is C16H22F2N2O3S. The van der Waals surface area contributed by atoms with Gasteiger partial charge in [0.15, 0.2) is 11.6 Å². The van der Waals surface area contributed by atoms with Gasteiger partial charge in [0.2, 0.25) is 15.9 Å². The first-order valence-corrected chi connectivity index (χ1v) is 9.50. The van der Waals surface area contributed by atoms with E-state index in [1.54, 1.807) is 0 Å². The van der Waals surface area contributed by atoms with Gasteiger partial charge in [-0.2, -0.15) is 0 Å². The molecule has 0 spiro atoms. The lowest BCUT2D eigenvalue weighted by Crippen LogP contribution is -2.39. The molecule has 1 aromatic carbocycles. The first-order chi connectivity index (χ1) is 11.3. The number of benzene rings is 1. The van der Waals surface area contributed by atoms with E-state index in [0.717, 1.165) is 37.8 Å². The average Bonchev–Trinajstić information content (AvgIpc) is 2.52. The number of nitrogens with one attached hydrogen (secondary N) is 2. The molecule has 1 amide bonds. The number of amides is 1. The smallest absolute Gasteiger partial charge is 0.240 e. The summed E-state index contributed by atoms with van der Waals surface area (Å²) in [4.78, 5) is 11.5. The van der Waals surface area contributed by atoms with Crippen LogP contribution in [-0.2, 0) is 14.8 Å². The summed E-state index contributed by atoms with van der Waals surface area (Å²) >= 11 is 0. The van der Waals surface area contributed by atoms with Crippen molar-refractivity contribution in [1.29, 1.82) is 0 Å². The van der Waals surface area contributed by atoms with E-state index in [4.69, 9.17) is 0 Å². The molecule has 1 saturated carbocycles. The Bertz CT molecular complexity index is 687. The van der Waals surface area contributed by atoms with Gasteiger partial charge in [-0.15, -0.1) is 0 Å². The Hall–Kier alpha value is -1.54. The van der Waals surface area contributed by atoms with Crippen molar-refractivity contribution < 1.29 is 22.0 Å². The largest absolute Gasteiger partial charge is 0.353 e. The van der Waals surface area contributed by atoms with Gasteiger partial charge in [0.05, 0.1) is 4.90 Å². The Labute approximate surface area is 140 Å². The van der Waals surface area contributed by atoms with Crippen LogP contribution < -0.4 is 10.0 Å². The zero-order valence-electron chi connectivity index (χ0n) is 13.5. The molecule has 0 saturated heterocycles. The van der Waals surface area contributed by atoms with Crippen molar-refractivity contribution in [3.05, 3.63) is 29.8 Å². The molecule has 5 nitrogen and oxygen atoms in total. The summed E-state index contributed by atoms with van der Waals surface area (Å²) in [5, 5.41) is 2.90. The average molecular weight is 360 g/mol. The Morgan fingerprint density at radius 1 is 1.17 bits per heavy atom. The summed E-state index contributed by atoms with van der Waals surface area (Å²) in [5.74, 6) is -1.89. The molecule has 0 radical (unpaired) electrons. The molecule has 1 aliphatic rings. The van der Waals surface area contributed by atoms with Crippen molar-refractivity contribution >= 4 is 15.9 Å². The molecule has 134 valence electrons. The van der Waals surface area contributed by atoms with E-state index in [2.05, 4.69) is 17.0 Å². The summed E-state index contributed by atoms with van der Waals surface area (Å²) < 4.78 is 52.1. The first kappa shape index (κ1) is 18.8. The number of hydrogen-bond donors (Lipinski definition) is 2. The molecule has 8 heteroatoms. The number of hydrogen-bond acceptors (Lipinski definition) is 3. The summed E-state index contributed by atoms with van der Waals surface area (Å²) in [5.41, 5.74) is 0. The third-order valence-corrected chi connectivity index (χ3v) is 5.69. The van der Waals surface area contributed by atoms with Crippen LogP contribution in [0.2, 0.25) is 0 Å². The maximum absolute atomic E-state index is 13.1. The van der Waals surface area contributed by atoms with E-state index < -0.39 is 21.7 Å². The molecule has 1 aliphatic carbocycles. The summed E-state index contributed by atoms with van der Waals surface area (Å²) in [6.07, 6.45) is 4.03. The Morgan fingerprint density at radius 2 is 1.83 bits per heavy atom. The highest BCUT2D eigenvalue weighted by atomic mass is 32.2. The fourth-order valence-electron chi connectivity index (χ4n) is 2.73. The Balaban J connectivity index is 1.80. The van der Waals surface area contributed by atoms with Gasteiger partial charge in [0, 0.05) is 19.0 Å². The second-order valence-corrected chi connectivity index (χ2v) is 8.01. The van der Waals surface area contributed by atoms with Gasteiger partial charge < -0.3 is 5.32 Å². The molecule has 0 aromatic heterocycles. The number of carbonyl (C=O) groups is 1. The molecule has 0 atom stereocenters. The SMILES string of the molecule is CC1CCC(NC(=O)CCNS(=O)(=O)c2ccc(F)c(F)c2)CC1. The van der Waals surface area contributed by atoms with Gasteiger partial charge in [-0.05, 0) is 49.8 Å². The predicted molar refractivity (Wildman–Crippen MR) is 85.7 cm³/mol. The maximum atomic E-state index is 13.1. The summed E-state index contributed by atoms with van der Waals surface area (Å²) in [6.45, 7) is 2.08. The van der Waals surface area contributed by atoms with Crippen LogP contribution in [0, 0.1) is 17.6 Å². The fraction of sp³-hybridized carbons (Fsp3) is 0.562. The van der Waals surface area contributed by atoms with Crippen LogP contribution in [0.4, 0.5) is 8.78 Å². The van der Waals surface area contributed by atoms with Crippen molar-refractivity contribution in [1.82, 2.24) is 10.0 Å². The number of carbonyl (C=O) groups excluding carboxylic acids is 1. The van der Waals surface area contributed by atoms with Crippen LogP contribution in [0.3, 0.4) is 0 Å². The van der Waals surface area contributed by atoms with Crippen molar-refractivity contribution in [2.45, 2.75) is 50.0 Å². The lowest BCUT2D eigenvalue weighted by Gasteiger charge is -2.26. The summed E-state index contributed by atoms with van der Waals surface area (Å²) in [7, 11) is -3.97. The number of rotatable bonds is 6.